The largest absolute Gasteiger partial charge is 0.332 e. The molecule has 0 aliphatic heterocycles. The van der Waals surface area contributed by atoms with Crippen molar-refractivity contribution >= 4 is 28.9 Å². The van der Waals surface area contributed by atoms with E-state index in [4.69, 9.17) is 12.2 Å². The minimum absolute atomic E-state index is 0.229. The summed E-state index contributed by atoms with van der Waals surface area (Å²) >= 11 is 5.27. The van der Waals surface area contributed by atoms with Gasteiger partial charge in [0.05, 0.1) is 0 Å². The quantitative estimate of drug-likeness (QED) is 0.713. The number of aromatic nitrogens is 1. The molecule has 0 unspecified atom stereocenters. The number of benzene rings is 2. The highest BCUT2D eigenvalue weighted by atomic mass is 32.1. The van der Waals surface area contributed by atoms with Gasteiger partial charge in [0.15, 0.2) is 5.11 Å². The predicted molar refractivity (Wildman–Crippen MR) is 101 cm³/mol. The molecule has 3 aromatic rings. The van der Waals surface area contributed by atoms with E-state index in [1.165, 1.54) is 0 Å². The van der Waals surface area contributed by atoms with Gasteiger partial charge in [-0.1, -0.05) is 24.3 Å². The molecule has 0 atom stereocenters. The van der Waals surface area contributed by atoms with E-state index in [1.807, 2.05) is 72.4 Å². The highest BCUT2D eigenvalue weighted by Crippen LogP contribution is 2.19. The monoisotopic (exact) mass is 335 g/mol. The number of nitrogens with one attached hydrogen (secondary N) is 2. The molecule has 3 rings (SSSR count). The Kier molecular flexibility index (Phi) is 4.72. The van der Waals surface area contributed by atoms with Gasteiger partial charge in [0, 0.05) is 29.3 Å². The van der Waals surface area contributed by atoms with Crippen LogP contribution in [0.4, 0.5) is 5.69 Å². The number of rotatable bonds is 3. The number of anilines is 1. The number of aryl methyl sites for hydroxylation is 1. The molecular formula is C19H17N3OS. The number of amides is 1. The van der Waals surface area contributed by atoms with Gasteiger partial charge in [0.1, 0.15) is 0 Å². The summed E-state index contributed by atoms with van der Waals surface area (Å²) < 4.78 is 2.01. The summed E-state index contributed by atoms with van der Waals surface area (Å²) in [5.74, 6) is -0.229. The maximum absolute atomic E-state index is 12.1. The third kappa shape index (κ3) is 3.70. The van der Waals surface area contributed by atoms with Gasteiger partial charge >= 0.3 is 0 Å². The van der Waals surface area contributed by atoms with E-state index >= 15 is 0 Å². The lowest BCUT2D eigenvalue weighted by molar-refractivity contribution is 0.0977. The molecule has 0 radical (unpaired) electrons. The first-order valence-corrected chi connectivity index (χ1v) is 7.96. The van der Waals surface area contributed by atoms with Crippen LogP contribution >= 0.6 is 12.2 Å². The van der Waals surface area contributed by atoms with Crippen molar-refractivity contribution in [2.45, 2.75) is 6.92 Å². The fourth-order valence-corrected chi connectivity index (χ4v) is 2.53. The van der Waals surface area contributed by atoms with Gasteiger partial charge in [0.2, 0.25) is 0 Å². The Bertz CT molecular complexity index is 858. The molecule has 0 aliphatic rings. The molecule has 1 amide bonds. The van der Waals surface area contributed by atoms with E-state index < -0.39 is 0 Å². The molecule has 4 nitrogen and oxygen atoms in total. The molecule has 0 aliphatic carbocycles. The summed E-state index contributed by atoms with van der Waals surface area (Å²) in [7, 11) is 0. The predicted octanol–water partition coefficient (Wildman–Crippen LogP) is 3.91. The Hall–Kier alpha value is -2.92. The molecule has 0 saturated carbocycles. The van der Waals surface area contributed by atoms with Crippen LogP contribution in [0.25, 0.3) is 5.69 Å². The Morgan fingerprint density at radius 3 is 2.42 bits per heavy atom. The van der Waals surface area contributed by atoms with Crippen molar-refractivity contribution < 1.29 is 4.79 Å². The zero-order chi connectivity index (χ0) is 16.9. The van der Waals surface area contributed by atoms with E-state index in [0.717, 1.165) is 16.9 Å². The van der Waals surface area contributed by atoms with E-state index in [-0.39, 0.29) is 11.0 Å². The maximum Gasteiger partial charge on any atom is 0.257 e. The Balaban J connectivity index is 1.72. The third-order valence-corrected chi connectivity index (χ3v) is 3.84. The van der Waals surface area contributed by atoms with Crippen molar-refractivity contribution in [1.82, 2.24) is 9.88 Å². The maximum atomic E-state index is 12.1. The first kappa shape index (κ1) is 16.0. The SMILES string of the molecule is Cc1ccc(-n2cccc2)cc1NC(=S)NC(=O)c1ccccc1. The summed E-state index contributed by atoms with van der Waals surface area (Å²) in [6, 6.07) is 19.0. The molecule has 0 bridgehead atoms. The second kappa shape index (κ2) is 7.10. The lowest BCUT2D eigenvalue weighted by Crippen LogP contribution is -2.34. The molecule has 1 aromatic heterocycles. The molecule has 0 spiro atoms. The van der Waals surface area contributed by atoms with Crippen molar-refractivity contribution in [3.8, 4) is 5.69 Å². The molecule has 24 heavy (non-hydrogen) atoms. The van der Waals surface area contributed by atoms with E-state index in [1.54, 1.807) is 12.1 Å². The minimum atomic E-state index is -0.229. The van der Waals surface area contributed by atoms with Crippen molar-refractivity contribution in [3.63, 3.8) is 0 Å². The normalized spacial score (nSPS) is 10.2. The summed E-state index contributed by atoms with van der Waals surface area (Å²) in [6.45, 7) is 1.99. The molecule has 0 fully saturated rings. The number of carbonyl (C=O) groups excluding carboxylic acids is 1. The highest BCUT2D eigenvalue weighted by molar-refractivity contribution is 7.80. The van der Waals surface area contributed by atoms with Crippen molar-refractivity contribution in [1.29, 1.82) is 0 Å². The van der Waals surface area contributed by atoms with Gasteiger partial charge < -0.3 is 9.88 Å². The molecule has 5 heteroatoms. The first-order chi connectivity index (χ1) is 11.6. The van der Waals surface area contributed by atoms with Crippen LogP contribution in [-0.2, 0) is 0 Å². The number of thiocarbonyl (C=S) groups is 1. The average molecular weight is 335 g/mol. The van der Waals surface area contributed by atoms with Gasteiger partial charge in [-0.25, -0.2) is 0 Å². The van der Waals surface area contributed by atoms with Crippen LogP contribution in [0.5, 0.6) is 0 Å². The van der Waals surface area contributed by atoms with Gasteiger partial charge in [-0.2, -0.15) is 0 Å². The zero-order valence-electron chi connectivity index (χ0n) is 13.2. The summed E-state index contributed by atoms with van der Waals surface area (Å²) in [5.41, 5.74) is 3.49. The zero-order valence-corrected chi connectivity index (χ0v) is 14.0. The van der Waals surface area contributed by atoms with Gasteiger partial charge in [-0.15, -0.1) is 0 Å². The topological polar surface area (TPSA) is 46.1 Å². The molecule has 2 N–H and O–H groups in total. The van der Waals surface area contributed by atoms with Crippen LogP contribution in [0.2, 0.25) is 0 Å². The van der Waals surface area contributed by atoms with Crippen LogP contribution in [0.1, 0.15) is 15.9 Å². The summed E-state index contributed by atoms with van der Waals surface area (Å²) in [5, 5.41) is 6.07. The summed E-state index contributed by atoms with van der Waals surface area (Å²) in [6.07, 6.45) is 3.95. The van der Waals surface area contributed by atoms with Gasteiger partial charge in [0.25, 0.3) is 5.91 Å². The Morgan fingerprint density at radius 2 is 1.71 bits per heavy atom. The van der Waals surface area contributed by atoms with E-state index in [2.05, 4.69) is 10.6 Å². The van der Waals surface area contributed by atoms with Crippen molar-refractivity contribution in [3.05, 3.63) is 84.2 Å². The van der Waals surface area contributed by atoms with Gasteiger partial charge in [-0.05, 0) is 61.1 Å². The Labute approximate surface area is 146 Å². The van der Waals surface area contributed by atoms with Gasteiger partial charge in [-0.3, -0.25) is 10.1 Å². The minimum Gasteiger partial charge on any atom is -0.332 e. The van der Waals surface area contributed by atoms with Crippen LogP contribution in [0.15, 0.2) is 73.1 Å². The number of carbonyl (C=O) groups is 1. The van der Waals surface area contributed by atoms with Crippen LogP contribution < -0.4 is 10.6 Å². The third-order valence-electron chi connectivity index (χ3n) is 3.63. The van der Waals surface area contributed by atoms with E-state index in [0.29, 0.717) is 5.56 Å². The van der Waals surface area contributed by atoms with Crippen molar-refractivity contribution in [2.75, 3.05) is 5.32 Å². The fourth-order valence-electron chi connectivity index (χ4n) is 2.33. The van der Waals surface area contributed by atoms with Crippen LogP contribution in [0.3, 0.4) is 0 Å². The first-order valence-electron chi connectivity index (χ1n) is 7.55. The standard InChI is InChI=1S/C19H17N3OS/c1-14-9-10-16(22-11-5-6-12-22)13-17(14)20-19(24)21-18(23)15-7-3-2-4-8-15/h2-13H,1H3,(H2,20,21,23,24). The highest BCUT2D eigenvalue weighted by Gasteiger charge is 2.09. The number of hydrogen-bond donors (Lipinski definition) is 2. The van der Waals surface area contributed by atoms with E-state index in [9.17, 15) is 4.79 Å². The molecule has 1 heterocycles. The molecule has 120 valence electrons. The molecule has 0 saturated heterocycles. The van der Waals surface area contributed by atoms with Crippen molar-refractivity contribution in [2.24, 2.45) is 0 Å². The average Bonchev–Trinajstić information content (AvgIpc) is 3.12. The molecule has 2 aromatic carbocycles. The lowest BCUT2D eigenvalue weighted by Gasteiger charge is -2.13. The second-order valence-electron chi connectivity index (χ2n) is 5.36. The fraction of sp³-hybridized carbons (Fsp3) is 0.0526. The summed E-state index contributed by atoms with van der Waals surface area (Å²) in [4.78, 5) is 12.1. The Morgan fingerprint density at radius 1 is 1.00 bits per heavy atom. The smallest absolute Gasteiger partial charge is 0.257 e. The lowest BCUT2D eigenvalue weighted by atomic mass is 10.2. The number of hydrogen-bond acceptors (Lipinski definition) is 2. The second-order valence-corrected chi connectivity index (χ2v) is 5.77. The van der Waals surface area contributed by atoms with Crippen LogP contribution in [0, 0.1) is 6.92 Å². The number of nitrogens with zero attached hydrogens (tertiary/aromatic N) is 1. The van der Waals surface area contributed by atoms with Crippen LogP contribution in [-0.4, -0.2) is 15.6 Å². The molecular weight excluding hydrogens is 318 g/mol.